The molecule has 0 heterocycles. The van der Waals surface area contributed by atoms with Crippen LogP contribution in [0.3, 0.4) is 0 Å². The Balaban J connectivity index is 2.27. The van der Waals surface area contributed by atoms with E-state index in [1.165, 1.54) is 19.4 Å². The monoisotopic (exact) mass is 344 g/mol. The van der Waals surface area contributed by atoms with E-state index in [-0.39, 0.29) is 11.3 Å². The second-order valence-electron chi connectivity index (χ2n) is 4.66. The van der Waals surface area contributed by atoms with Gasteiger partial charge in [-0.25, -0.2) is 4.79 Å². The van der Waals surface area contributed by atoms with Gasteiger partial charge in [-0.1, -0.05) is 18.2 Å². The second kappa shape index (κ2) is 7.64. The summed E-state index contributed by atoms with van der Waals surface area (Å²) in [4.78, 5) is 31.9. The van der Waals surface area contributed by atoms with Crippen LogP contribution in [0.15, 0.2) is 47.6 Å². The number of non-ortho nitro benzene ring substituents is 1. The molecular formula is C15H12N4O6. The lowest BCUT2D eigenvalue weighted by Gasteiger charge is -2.04. The first-order chi connectivity index (χ1) is 11.9. The number of hydrazone groups is 1. The SMILES string of the molecule is COC(=O)c1ccccc1/C=N\Nc1ccc([N+](=O)[O-])cc1[N+](=O)[O-]. The van der Waals surface area contributed by atoms with Crippen molar-refractivity contribution in [2.24, 2.45) is 5.10 Å². The standard InChI is InChI=1S/C15H12N4O6/c1-25-15(20)12-5-3-2-4-10(12)9-16-17-13-7-6-11(18(21)22)8-14(13)19(23)24/h2-9,17H,1H3/b16-9-. The van der Waals surface area contributed by atoms with Gasteiger partial charge in [-0.2, -0.15) is 5.10 Å². The Morgan fingerprint density at radius 1 is 1.16 bits per heavy atom. The highest BCUT2D eigenvalue weighted by Crippen LogP contribution is 2.28. The van der Waals surface area contributed by atoms with Crippen LogP contribution in [-0.4, -0.2) is 29.1 Å². The molecule has 0 aliphatic carbocycles. The maximum Gasteiger partial charge on any atom is 0.338 e. The summed E-state index contributed by atoms with van der Waals surface area (Å²) in [5, 5.41) is 25.6. The summed E-state index contributed by atoms with van der Waals surface area (Å²) < 4.78 is 4.65. The van der Waals surface area contributed by atoms with Gasteiger partial charge in [0.25, 0.3) is 5.69 Å². The largest absolute Gasteiger partial charge is 0.465 e. The highest BCUT2D eigenvalue weighted by atomic mass is 16.6. The zero-order valence-electron chi connectivity index (χ0n) is 12.9. The molecule has 10 nitrogen and oxygen atoms in total. The summed E-state index contributed by atoms with van der Waals surface area (Å²) in [5.41, 5.74) is 2.23. The topological polar surface area (TPSA) is 137 Å². The molecule has 25 heavy (non-hydrogen) atoms. The first kappa shape index (κ1) is 17.5. The van der Waals surface area contributed by atoms with Crippen LogP contribution in [0.2, 0.25) is 0 Å². The molecule has 0 aromatic heterocycles. The fourth-order valence-corrected chi connectivity index (χ4v) is 1.96. The molecule has 0 unspecified atom stereocenters. The number of nitrogens with one attached hydrogen (secondary N) is 1. The predicted molar refractivity (Wildman–Crippen MR) is 88.7 cm³/mol. The molecule has 0 aliphatic heterocycles. The predicted octanol–water partition coefficient (Wildman–Crippen LogP) is 2.74. The van der Waals surface area contributed by atoms with Gasteiger partial charge in [-0.15, -0.1) is 0 Å². The maximum atomic E-state index is 11.7. The number of nitrogens with zero attached hydrogens (tertiary/aromatic N) is 3. The molecule has 10 heteroatoms. The van der Waals surface area contributed by atoms with Gasteiger partial charge in [-0.05, 0) is 12.1 Å². The summed E-state index contributed by atoms with van der Waals surface area (Å²) in [6.07, 6.45) is 1.29. The molecule has 0 saturated carbocycles. The lowest BCUT2D eigenvalue weighted by atomic mass is 10.1. The van der Waals surface area contributed by atoms with Crippen molar-refractivity contribution in [2.75, 3.05) is 12.5 Å². The average molecular weight is 344 g/mol. The van der Waals surface area contributed by atoms with Gasteiger partial charge in [0.05, 0.1) is 34.8 Å². The van der Waals surface area contributed by atoms with Crippen molar-refractivity contribution < 1.29 is 19.4 Å². The number of hydrogen-bond acceptors (Lipinski definition) is 8. The summed E-state index contributed by atoms with van der Waals surface area (Å²) in [6, 6.07) is 9.62. The van der Waals surface area contributed by atoms with Crippen molar-refractivity contribution in [1.29, 1.82) is 0 Å². The highest BCUT2D eigenvalue weighted by molar-refractivity contribution is 5.99. The molecule has 2 aromatic rings. The van der Waals surface area contributed by atoms with E-state index in [4.69, 9.17) is 0 Å². The van der Waals surface area contributed by atoms with Crippen LogP contribution in [-0.2, 0) is 4.74 Å². The van der Waals surface area contributed by atoms with Crippen LogP contribution in [0.1, 0.15) is 15.9 Å². The third-order valence-electron chi connectivity index (χ3n) is 3.14. The van der Waals surface area contributed by atoms with Gasteiger partial charge in [0.1, 0.15) is 5.69 Å². The number of nitro benzene ring substituents is 2. The molecule has 2 rings (SSSR count). The molecule has 0 bridgehead atoms. The Labute approximate surface area is 141 Å². The zero-order valence-corrected chi connectivity index (χ0v) is 12.9. The molecule has 0 amide bonds. The van der Waals surface area contributed by atoms with Crippen LogP contribution in [0.25, 0.3) is 0 Å². The Bertz CT molecular complexity index is 865. The van der Waals surface area contributed by atoms with Crippen LogP contribution in [0.5, 0.6) is 0 Å². The number of carbonyl (C=O) groups excluding carboxylic acids is 1. The summed E-state index contributed by atoms with van der Waals surface area (Å²) in [6.45, 7) is 0. The van der Waals surface area contributed by atoms with Crippen molar-refractivity contribution in [1.82, 2.24) is 0 Å². The Morgan fingerprint density at radius 2 is 1.88 bits per heavy atom. The van der Waals surface area contributed by atoms with Crippen LogP contribution in [0.4, 0.5) is 17.1 Å². The molecule has 1 N–H and O–H groups in total. The lowest BCUT2D eigenvalue weighted by molar-refractivity contribution is -0.393. The van der Waals surface area contributed by atoms with Gasteiger partial charge in [-0.3, -0.25) is 25.7 Å². The number of rotatable bonds is 6. The molecule has 2 aromatic carbocycles. The van der Waals surface area contributed by atoms with Crippen molar-refractivity contribution in [3.05, 3.63) is 73.8 Å². The minimum Gasteiger partial charge on any atom is -0.465 e. The lowest BCUT2D eigenvalue weighted by Crippen LogP contribution is -2.05. The van der Waals surface area contributed by atoms with Crippen molar-refractivity contribution in [2.45, 2.75) is 0 Å². The fourth-order valence-electron chi connectivity index (χ4n) is 1.96. The molecule has 0 atom stereocenters. The quantitative estimate of drug-likeness (QED) is 0.368. The number of ether oxygens (including phenoxy) is 1. The van der Waals surface area contributed by atoms with E-state index in [9.17, 15) is 25.0 Å². The third-order valence-corrected chi connectivity index (χ3v) is 3.14. The number of benzene rings is 2. The molecule has 0 spiro atoms. The maximum absolute atomic E-state index is 11.7. The number of nitro groups is 2. The van der Waals surface area contributed by atoms with Gasteiger partial charge < -0.3 is 4.74 Å². The molecule has 128 valence electrons. The molecule has 0 saturated heterocycles. The van der Waals surface area contributed by atoms with E-state index in [0.29, 0.717) is 5.56 Å². The number of esters is 1. The Morgan fingerprint density at radius 3 is 2.52 bits per heavy atom. The minimum absolute atomic E-state index is 0.0256. The van der Waals surface area contributed by atoms with Crippen molar-refractivity contribution >= 4 is 29.2 Å². The van der Waals surface area contributed by atoms with Gasteiger partial charge in [0.15, 0.2) is 0 Å². The highest BCUT2D eigenvalue weighted by Gasteiger charge is 2.19. The van der Waals surface area contributed by atoms with Gasteiger partial charge >= 0.3 is 11.7 Å². The third kappa shape index (κ3) is 4.13. The summed E-state index contributed by atoms with van der Waals surface area (Å²) in [7, 11) is 1.24. The Hall–Kier alpha value is -3.82. The normalized spacial score (nSPS) is 10.4. The summed E-state index contributed by atoms with van der Waals surface area (Å²) >= 11 is 0. The molecule has 0 radical (unpaired) electrons. The van der Waals surface area contributed by atoms with Crippen LogP contribution in [0, 0.1) is 20.2 Å². The number of hydrogen-bond donors (Lipinski definition) is 1. The second-order valence-corrected chi connectivity index (χ2v) is 4.66. The Kier molecular flexibility index (Phi) is 5.36. The smallest absolute Gasteiger partial charge is 0.338 e. The number of methoxy groups -OCH3 is 1. The zero-order chi connectivity index (χ0) is 18.4. The van der Waals surface area contributed by atoms with E-state index in [2.05, 4.69) is 15.3 Å². The van der Waals surface area contributed by atoms with E-state index in [1.54, 1.807) is 24.3 Å². The molecule has 0 fully saturated rings. The van der Waals surface area contributed by atoms with E-state index in [1.807, 2.05) is 0 Å². The first-order valence-corrected chi connectivity index (χ1v) is 6.83. The first-order valence-electron chi connectivity index (χ1n) is 6.83. The van der Waals surface area contributed by atoms with Crippen LogP contribution >= 0.6 is 0 Å². The van der Waals surface area contributed by atoms with Crippen LogP contribution < -0.4 is 5.43 Å². The van der Waals surface area contributed by atoms with E-state index in [0.717, 1.165) is 12.1 Å². The summed E-state index contributed by atoms with van der Waals surface area (Å²) in [5.74, 6) is -0.552. The van der Waals surface area contributed by atoms with E-state index < -0.39 is 27.2 Å². The number of anilines is 1. The minimum atomic E-state index is -0.757. The van der Waals surface area contributed by atoms with Crippen molar-refractivity contribution in [3.8, 4) is 0 Å². The average Bonchev–Trinajstić information content (AvgIpc) is 2.61. The molecular weight excluding hydrogens is 332 g/mol. The fraction of sp³-hybridized carbons (Fsp3) is 0.0667. The van der Waals surface area contributed by atoms with Crippen molar-refractivity contribution in [3.63, 3.8) is 0 Å². The van der Waals surface area contributed by atoms with Gasteiger partial charge in [0, 0.05) is 11.6 Å². The number of carbonyl (C=O) groups is 1. The van der Waals surface area contributed by atoms with Gasteiger partial charge in [0.2, 0.25) is 0 Å². The van der Waals surface area contributed by atoms with E-state index >= 15 is 0 Å². The molecule has 0 aliphatic rings.